The molecular formula is C19H22FN3O. The summed E-state index contributed by atoms with van der Waals surface area (Å²) in [4.78, 5) is 18.2. The van der Waals surface area contributed by atoms with Gasteiger partial charge in [0.05, 0.1) is 0 Å². The summed E-state index contributed by atoms with van der Waals surface area (Å²) in [7, 11) is 0. The fraction of sp³-hybridized carbons (Fsp3) is 0.368. The molecule has 1 aliphatic heterocycles. The van der Waals surface area contributed by atoms with Crippen molar-refractivity contribution >= 4 is 5.91 Å². The average molecular weight is 327 g/mol. The Kier molecular flexibility index (Phi) is 5.54. The van der Waals surface area contributed by atoms with Gasteiger partial charge >= 0.3 is 0 Å². The lowest BCUT2D eigenvalue weighted by atomic mass is 10.1. The molecule has 24 heavy (non-hydrogen) atoms. The molecule has 0 radical (unpaired) electrons. The number of aromatic nitrogens is 1. The Morgan fingerprint density at radius 1 is 1.25 bits per heavy atom. The summed E-state index contributed by atoms with van der Waals surface area (Å²) in [6.07, 6.45) is 5.91. The second kappa shape index (κ2) is 8.02. The first-order valence-corrected chi connectivity index (χ1v) is 8.36. The van der Waals surface area contributed by atoms with Crippen molar-refractivity contribution in [3.8, 4) is 0 Å². The molecule has 1 fully saturated rings. The van der Waals surface area contributed by atoms with Crippen LogP contribution in [0.25, 0.3) is 0 Å². The van der Waals surface area contributed by atoms with Crippen LogP contribution >= 0.6 is 0 Å². The summed E-state index contributed by atoms with van der Waals surface area (Å²) in [5.41, 5.74) is 1.73. The van der Waals surface area contributed by atoms with Crippen molar-refractivity contribution in [2.75, 3.05) is 6.54 Å². The SMILES string of the molecule is O=C1CCC(CCNCc2ccccc2F)N1Cc1cccnc1. The van der Waals surface area contributed by atoms with Crippen molar-refractivity contribution in [1.29, 1.82) is 0 Å². The predicted molar refractivity (Wildman–Crippen MR) is 90.5 cm³/mol. The fourth-order valence-electron chi connectivity index (χ4n) is 3.13. The van der Waals surface area contributed by atoms with Crippen LogP contribution in [-0.2, 0) is 17.9 Å². The van der Waals surface area contributed by atoms with Crippen LogP contribution in [0.5, 0.6) is 0 Å². The first kappa shape index (κ1) is 16.6. The van der Waals surface area contributed by atoms with Crippen molar-refractivity contribution in [2.24, 2.45) is 0 Å². The molecule has 1 N–H and O–H groups in total. The van der Waals surface area contributed by atoms with E-state index in [1.807, 2.05) is 23.1 Å². The van der Waals surface area contributed by atoms with E-state index in [0.29, 0.717) is 25.1 Å². The van der Waals surface area contributed by atoms with Crippen molar-refractivity contribution in [3.63, 3.8) is 0 Å². The zero-order chi connectivity index (χ0) is 16.8. The molecule has 1 unspecified atom stereocenters. The number of nitrogens with zero attached hydrogens (tertiary/aromatic N) is 2. The maximum Gasteiger partial charge on any atom is 0.223 e. The number of amides is 1. The van der Waals surface area contributed by atoms with E-state index in [0.717, 1.165) is 24.9 Å². The minimum absolute atomic E-state index is 0.181. The molecule has 0 saturated carbocycles. The Balaban J connectivity index is 1.49. The van der Waals surface area contributed by atoms with E-state index < -0.39 is 0 Å². The van der Waals surface area contributed by atoms with Crippen LogP contribution in [0, 0.1) is 5.82 Å². The molecule has 2 aromatic rings. The Hall–Kier alpha value is -2.27. The van der Waals surface area contributed by atoms with Gasteiger partial charge in [0.15, 0.2) is 0 Å². The quantitative estimate of drug-likeness (QED) is 0.795. The lowest BCUT2D eigenvalue weighted by molar-refractivity contribution is -0.129. The maximum atomic E-state index is 13.6. The molecule has 1 saturated heterocycles. The van der Waals surface area contributed by atoms with Gasteiger partial charge in [-0.1, -0.05) is 24.3 Å². The molecule has 5 heteroatoms. The van der Waals surface area contributed by atoms with Crippen molar-refractivity contribution < 1.29 is 9.18 Å². The maximum absolute atomic E-state index is 13.6. The normalized spacial score (nSPS) is 17.5. The first-order valence-electron chi connectivity index (χ1n) is 8.36. The summed E-state index contributed by atoms with van der Waals surface area (Å²) in [5, 5.41) is 3.28. The summed E-state index contributed by atoms with van der Waals surface area (Å²) in [6, 6.07) is 10.9. The Bertz CT molecular complexity index is 677. The summed E-state index contributed by atoms with van der Waals surface area (Å²) in [6.45, 7) is 1.89. The number of carbonyl (C=O) groups is 1. The molecule has 1 amide bonds. The third-order valence-corrected chi connectivity index (χ3v) is 4.46. The number of hydrogen-bond donors (Lipinski definition) is 1. The van der Waals surface area contributed by atoms with Gasteiger partial charge < -0.3 is 10.2 Å². The van der Waals surface area contributed by atoms with Gasteiger partial charge in [0, 0.05) is 43.5 Å². The van der Waals surface area contributed by atoms with E-state index >= 15 is 0 Å². The zero-order valence-electron chi connectivity index (χ0n) is 13.6. The highest BCUT2D eigenvalue weighted by atomic mass is 19.1. The number of likely N-dealkylation sites (tertiary alicyclic amines) is 1. The van der Waals surface area contributed by atoms with Crippen LogP contribution in [0.3, 0.4) is 0 Å². The van der Waals surface area contributed by atoms with E-state index in [1.54, 1.807) is 24.5 Å². The number of nitrogens with one attached hydrogen (secondary N) is 1. The first-order chi connectivity index (χ1) is 11.7. The number of benzene rings is 1. The molecule has 2 heterocycles. The van der Waals surface area contributed by atoms with Gasteiger partial charge in [-0.25, -0.2) is 4.39 Å². The van der Waals surface area contributed by atoms with Crippen molar-refractivity contribution in [2.45, 2.75) is 38.4 Å². The molecule has 126 valence electrons. The average Bonchev–Trinajstić information content (AvgIpc) is 2.94. The highest BCUT2D eigenvalue weighted by molar-refractivity contribution is 5.78. The van der Waals surface area contributed by atoms with Gasteiger partial charge in [0.2, 0.25) is 5.91 Å². The highest BCUT2D eigenvalue weighted by Gasteiger charge is 2.30. The van der Waals surface area contributed by atoms with Gasteiger partial charge in [-0.15, -0.1) is 0 Å². The molecule has 1 aliphatic rings. The van der Waals surface area contributed by atoms with Crippen LogP contribution < -0.4 is 5.32 Å². The van der Waals surface area contributed by atoms with Crippen LogP contribution in [0.1, 0.15) is 30.4 Å². The number of rotatable bonds is 7. The minimum Gasteiger partial charge on any atom is -0.335 e. The lowest BCUT2D eigenvalue weighted by Crippen LogP contribution is -2.34. The van der Waals surface area contributed by atoms with Crippen LogP contribution in [-0.4, -0.2) is 28.4 Å². The summed E-state index contributed by atoms with van der Waals surface area (Å²) >= 11 is 0. The monoisotopic (exact) mass is 327 g/mol. The predicted octanol–water partition coefficient (Wildman–Crippen LogP) is 2.89. The summed E-state index contributed by atoms with van der Waals surface area (Å²) in [5.74, 6) is 0.0252. The molecule has 4 nitrogen and oxygen atoms in total. The number of carbonyl (C=O) groups excluding carboxylic acids is 1. The molecule has 1 aromatic heterocycles. The highest BCUT2D eigenvalue weighted by Crippen LogP contribution is 2.23. The third-order valence-electron chi connectivity index (χ3n) is 4.46. The van der Waals surface area contributed by atoms with Crippen molar-refractivity contribution in [3.05, 3.63) is 65.7 Å². The van der Waals surface area contributed by atoms with Gasteiger partial charge in [-0.3, -0.25) is 9.78 Å². The van der Waals surface area contributed by atoms with Crippen molar-refractivity contribution in [1.82, 2.24) is 15.2 Å². The minimum atomic E-state index is -0.181. The number of pyridine rings is 1. The molecule has 0 bridgehead atoms. The standard InChI is InChI=1S/C19H22FN3O/c20-18-6-2-1-5-16(18)13-22-11-9-17-7-8-19(24)23(17)14-15-4-3-10-21-12-15/h1-6,10,12,17,22H,7-9,11,13-14H2. The molecule has 0 aliphatic carbocycles. The topological polar surface area (TPSA) is 45.2 Å². The van der Waals surface area contributed by atoms with Crippen LogP contribution in [0.2, 0.25) is 0 Å². The molecular weight excluding hydrogens is 305 g/mol. The smallest absolute Gasteiger partial charge is 0.223 e. The van der Waals surface area contributed by atoms with Gasteiger partial charge in [-0.05, 0) is 37.1 Å². The van der Waals surface area contributed by atoms with Gasteiger partial charge in [0.1, 0.15) is 5.82 Å². The van der Waals surface area contributed by atoms with Gasteiger partial charge in [-0.2, -0.15) is 0 Å². The van der Waals surface area contributed by atoms with E-state index in [4.69, 9.17) is 0 Å². The lowest BCUT2D eigenvalue weighted by Gasteiger charge is -2.25. The number of halogens is 1. The molecule has 0 spiro atoms. The van der Waals surface area contributed by atoms with E-state index in [1.165, 1.54) is 6.07 Å². The fourth-order valence-corrected chi connectivity index (χ4v) is 3.13. The zero-order valence-corrected chi connectivity index (χ0v) is 13.6. The Morgan fingerprint density at radius 3 is 2.92 bits per heavy atom. The Morgan fingerprint density at radius 2 is 2.12 bits per heavy atom. The van der Waals surface area contributed by atoms with Gasteiger partial charge in [0.25, 0.3) is 0 Å². The van der Waals surface area contributed by atoms with E-state index in [2.05, 4.69) is 10.3 Å². The molecule has 3 rings (SSSR count). The van der Waals surface area contributed by atoms with Crippen LogP contribution in [0.4, 0.5) is 4.39 Å². The Labute approximate surface area is 141 Å². The number of hydrogen-bond acceptors (Lipinski definition) is 3. The molecule has 1 atom stereocenters. The summed E-state index contributed by atoms with van der Waals surface area (Å²) < 4.78 is 13.6. The second-order valence-corrected chi connectivity index (χ2v) is 6.13. The second-order valence-electron chi connectivity index (χ2n) is 6.13. The van der Waals surface area contributed by atoms with E-state index in [9.17, 15) is 9.18 Å². The molecule has 1 aromatic carbocycles. The third kappa shape index (κ3) is 4.17. The largest absolute Gasteiger partial charge is 0.335 e. The van der Waals surface area contributed by atoms with E-state index in [-0.39, 0.29) is 17.8 Å². The van der Waals surface area contributed by atoms with Crippen LogP contribution in [0.15, 0.2) is 48.8 Å².